The molecule has 8 heteroatoms. The van der Waals surface area contributed by atoms with E-state index < -0.39 is 30.6 Å². The molecule has 2 aromatic rings. The summed E-state index contributed by atoms with van der Waals surface area (Å²) in [5, 5.41) is 11.5. The van der Waals surface area contributed by atoms with Crippen molar-refractivity contribution < 1.29 is 29.0 Å². The van der Waals surface area contributed by atoms with Crippen LogP contribution in [0.3, 0.4) is 0 Å². The van der Waals surface area contributed by atoms with E-state index in [1.54, 1.807) is 0 Å². The summed E-state index contributed by atoms with van der Waals surface area (Å²) in [4.78, 5) is 37.0. The number of hydrogen-bond donors (Lipinski definition) is 2. The van der Waals surface area contributed by atoms with Crippen molar-refractivity contribution in [2.75, 3.05) is 33.4 Å². The molecule has 164 valence electrons. The Bertz CT molecular complexity index is 915. The van der Waals surface area contributed by atoms with Crippen molar-refractivity contribution in [3.8, 4) is 11.1 Å². The predicted molar refractivity (Wildman–Crippen MR) is 114 cm³/mol. The zero-order chi connectivity index (χ0) is 22.4. The van der Waals surface area contributed by atoms with Crippen LogP contribution in [-0.2, 0) is 19.1 Å². The number of rotatable bonds is 9. The Morgan fingerprint density at radius 1 is 1.06 bits per heavy atom. The van der Waals surface area contributed by atoms with E-state index in [4.69, 9.17) is 14.6 Å². The van der Waals surface area contributed by atoms with Gasteiger partial charge in [-0.15, -0.1) is 0 Å². The second-order valence-electron chi connectivity index (χ2n) is 7.34. The molecule has 3 rings (SSSR count). The molecule has 0 fully saturated rings. The van der Waals surface area contributed by atoms with Crippen LogP contribution >= 0.6 is 0 Å². The minimum atomic E-state index is -1.14. The number of aliphatic carboxylic acids is 1. The molecule has 2 amide bonds. The molecule has 31 heavy (non-hydrogen) atoms. The van der Waals surface area contributed by atoms with Gasteiger partial charge in [-0.1, -0.05) is 48.5 Å². The highest BCUT2D eigenvalue weighted by Crippen LogP contribution is 2.44. The predicted octanol–water partition coefficient (Wildman–Crippen LogP) is 2.47. The molecule has 0 heterocycles. The lowest BCUT2D eigenvalue weighted by Gasteiger charge is -2.24. The summed E-state index contributed by atoms with van der Waals surface area (Å²) in [5.74, 6) is -1.75. The van der Waals surface area contributed by atoms with Crippen LogP contribution in [0.25, 0.3) is 11.1 Å². The summed E-state index contributed by atoms with van der Waals surface area (Å²) >= 11 is 0. The Kier molecular flexibility index (Phi) is 7.25. The topological polar surface area (TPSA) is 105 Å². The van der Waals surface area contributed by atoms with Crippen LogP contribution in [0.5, 0.6) is 0 Å². The number of amides is 2. The maximum Gasteiger partial charge on any atom is 0.407 e. The van der Waals surface area contributed by atoms with Gasteiger partial charge in [0.05, 0.1) is 6.61 Å². The lowest BCUT2D eigenvalue weighted by Crippen LogP contribution is -2.49. The van der Waals surface area contributed by atoms with Crippen LogP contribution in [-0.4, -0.2) is 67.4 Å². The summed E-state index contributed by atoms with van der Waals surface area (Å²) in [6, 6.07) is 15.1. The number of carbonyl (C=O) groups is 3. The number of nitrogens with one attached hydrogen (secondary N) is 1. The molecule has 0 radical (unpaired) electrons. The van der Waals surface area contributed by atoms with Crippen molar-refractivity contribution >= 4 is 18.0 Å². The second-order valence-corrected chi connectivity index (χ2v) is 7.34. The van der Waals surface area contributed by atoms with Gasteiger partial charge in [-0.05, 0) is 29.2 Å². The van der Waals surface area contributed by atoms with Gasteiger partial charge in [0, 0.05) is 19.6 Å². The Labute approximate surface area is 180 Å². The molecule has 0 aliphatic heterocycles. The first-order valence-corrected chi connectivity index (χ1v) is 10.0. The standard InChI is InChI=1S/C23H26N2O6/c1-15(22(28)25(11-12-30-2)13-21(26)27)24-23(29)31-14-20-18-9-5-3-7-16(18)17-8-4-6-10-19(17)20/h3-10,15,20H,11-14H2,1-2H3,(H,24,29)(H,26,27)/t15-/m0/s1. The van der Waals surface area contributed by atoms with Crippen molar-refractivity contribution in [3.05, 3.63) is 59.7 Å². The second kappa shape index (κ2) is 10.1. The van der Waals surface area contributed by atoms with Crippen LogP contribution in [0.4, 0.5) is 4.79 Å². The van der Waals surface area contributed by atoms with Crippen molar-refractivity contribution in [3.63, 3.8) is 0 Å². The monoisotopic (exact) mass is 426 g/mol. The third kappa shape index (κ3) is 5.21. The molecular weight excluding hydrogens is 400 g/mol. The number of carbonyl (C=O) groups excluding carboxylic acids is 2. The minimum Gasteiger partial charge on any atom is -0.480 e. The molecule has 0 aromatic heterocycles. The van der Waals surface area contributed by atoms with Gasteiger partial charge in [0.15, 0.2) is 0 Å². The van der Waals surface area contributed by atoms with E-state index in [-0.39, 0.29) is 25.7 Å². The van der Waals surface area contributed by atoms with Gasteiger partial charge in [0.25, 0.3) is 0 Å². The van der Waals surface area contributed by atoms with Crippen molar-refractivity contribution in [2.45, 2.75) is 18.9 Å². The van der Waals surface area contributed by atoms with Gasteiger partial charge in [-0.25, -0.2) is 4.79 Å². The first-order chi connectivity index (χ1) is 14.9. The summed E-state index contributed by atoms with van der Waals surface area (Å²) in [6.07, 6.45) is -0.732. The SMILES string of the molecule is COCCN(CC(=O)O)C(=O)[C@H](C)NC(=O)OCC1c2ccccc2-c2ccccc21. The number of fused-ring (bicyclic) bond motifs is 3. The quantitative estimate of drug-likeness (QED) is 0.638. The molecule has 0 unspecified atom stereocenters. The molecule has 1 atom stereocenters. The summed E-state index contributed by atoms with van der Waals surface area (Å²) < 4.78 is 10.4. The van der Waals surface area contributed by atoms with E-state index in [1.807, 2.05) is 48.5 Å². The number of ether oxygens (including phenoxy) is 2. The van der Waals surface area contributed by atoms with Crippen molar-refractivity contribution in [1.29, 1.82) is 0 Å². The summed E-state index contributed by atoms with van der Waals surface area (Å²) in [7, 11) is 1.46. The van der Waals surface area contributed by atoms with E-state index in [1.165, 1.54) is 14.0 Å². The summed E-state index contributed by atoms with van der Waals surface area (Å²) in [6.45, 7) is 1.45. The van der Waals surface area contributed by atoms with Crippen LogP contribution in [0.2, 0.25) is 0 Å². The van der Waals surface area contributed by atoms with E-state index in [0.717, 1.165) is 27.2 Å². The number of alkyl carbamates (subject to hydrolysis) is 1. The highest BCUT2D eigenvalue weighted by atomic mass is 16.5. The number of nitrogens with zero attached hydrogens (tertiary/aromatic N) is 1. The number of carboxylic acids is 1. The lowest BCUT2D eigenvalue weighted by molar-refractivity contribution is -0.145. The largest absolute Gasteiger partial charge is 0.480 e. The molecule has 2 N–H and O–H groups in total. The van der Waals surface area contributed by atoms with Crippen LogP contribution < -0.4 is 5.32 Å². The lowest BCUT2D eigenvalue weighted by atomic mass is 9.98. The fraction of sp³-hybridized carbons (Fsp3) is 0.348. The molecule has 8 nitrogen and oxygen atoms in total. The maximum absolute atomic E-state index is 12.5. The Morgan fingerprint density at radius 2 is 1.65 bits per heavy atom. The van der Waals surface area contributed by atoms with Crippen molar-refractivity contribution in [2.24, 2.45) is 0 Å². The van der Waals surface area contributed by atoms with Crippen LogP contribution in [0.1, 0.15) is 24.0 Å². The number of hydrogen-bond acceptors (Lipinski definition) is 5. The average molecular weight is 426 g/mol. The van der Waals surface area contributed by atoms with Gasteiger partial charge in [-0.2, -0.15) is 0 Å². The summed E-state index contributed by atoms with van der Waals surface area (Å²) in [5.41, 5.74) is 4.43. The number of benzene rings is 2. The Morgan fingerprint density at radius 3 is 2.19 bits per heavy atom. The maximum atomic E-state index is 12.5. The third-order valence-corrected chi connectivity index (χ3v) is 5.25. The Hall–Kier alpha value is -3.39. The average Bonchev–Trinajstić information content (AvgIpc) is 3.08. The molecular formula is C23H26N2O6. The molecule has 0 bridgehead atoms. The van der Waals surface area contributed by atoms with E-state index in [2.05, 4.69) is 5.32 Å². The molecule has 0 saturated carbocycles. The van der Waals surface area contributed by atoms with Gasteiger partial charge in [0.2, 0.25) is 5.91 Å². The normalized spacial score (nSPS) is 13.1. The first-order valence-electron chi connectivity index (χ1n) is 10.0. The third-order valence-electron chi connectivity index (χ3n) is 5.25. The molecule has 2 aromatic carbocycles. The van der Waals surface area contributed by atoms with Gasteiger partial charge >= 0.3 is 12.1 Å². The highest BCUT2D eigenvalue weighted by Gasteiger charge is 2.30. The fourth-order valence-electron chi connectivity index (χ4n) is 3.78. The smallest absolute Gasteiger partial charge is 0.407 e. The number of methoxy groups -OCH3 is 1. The van der Waals surface area contributed by atoms with E-state index in [0.29, 0.717) is 0 Å². The van der Waals surface area contributed by atoms with Crippen molar-refractivity contribution in [1.82, 2.24) is 10.2 Å². The van der Waals surface area contributed by atoms with E-state index >= 15 is 0 Å². The van der Waals surface area contributed by atoms with Crippen LogP contribution in [0.15, 0.2) is 48.5 Å². The Balaban J connectivity index is 1.61. The van der Waals surface area contributed by atoms with Crippen LogP contribution in [0, 0.1) is 0 Å². The van der Waals surface area contributed by atoms with Gasteiger partial charge < -0.3 is 24.8 Å². The molecule has 0 saturated heterocycles. The molecule has 0 spiro atoms. The van der Waals surface area contributed by atoms with Gasteiger partial charge in [0.1, 0.15) is 19.2 Å². The number of carboxylic acid groups (broad SMARTS) is 1. The fourth-order valence-corrected chi connectivity index (χ4v) is 3.78. The zero-order valence-electron chi connectivity index (χ0n) is 17.5. The minimum absolute atomic E-state index is 0.0885. The van der Waals surface area contributed by atoms with Gasteiger partial charge in [-0.3, -0.25) is 9.59 Å². The highest BCUT2D eigenvalue weighted by molar-refractivity contribution is 5.87. The first kappa shape index (κ1) is 22.3. The zero-order valence-corrected chi connectivity index (χ0v) is 17.5. The van der Waals surface area contributed by atoms with E-state index in [9.17, 15) is 14.4 Å². The molecule has 1 aliphatic rings. The molecule has 1 aliphatic carbocycles.